The zero-order valence-corrected chi connectivity index (χ0v) is 13.8. The molecule has 20 heavy (non-hydrogen) atoms. The molecule has 1 saturated heterocycles. The van der Waals surface area contributed by atoms with Crippen LogP contribution in [0, 0.1) is 0 Å². The van der Waals surface area contributed by atoms with Crippen molar-refractivity contribution in [2.24, 2.45) is 5.73 Å². The SMILES string of the molecule is NCC1(c2ccc(CN3CCCC3)c(Br)c2)CCCC1. The normalized spacial score (nSPS) is 22.5. The maximum Gasteiger partial charge on any atom is 0.0244 e. The molecule has 1 aromatic carbocycles. The van der Waals surface area contributed by atoms with E-state index >= 15 is 0 Å². The minimum absolute atomic E-state index is 0.245. The second kappa shape index (κ2) is 6.17. The van der Waals surface area contributed by atoms with Gasteiger partial charge in [0.25, 0.3) is 0 Å². The van der Waals surface area contributed by atoms with Gasteiger partial charge in [-0.1, -0.05) is 40.9 Å². The van der Waals surface area contributed by atoms with Crippen LogP contribution in [0.3, 0.4) is 0 Å². The molecule has 0 unspecified atom stereocenters. The van der Waals surface area contributed by atoms with E-state index in [1.807, 2.05) is 0 Å². The lowest BCUT2D eigenvalue weighted by atomic mass is 9.79. The second-order valence-electron chi connectivity index (χ2n) is 6.48. The average Bonchev–Trinajstić information content (AvgIpc) is 3.12. The Bertz CT molecular complexity index is 460. The van der Waals surface area contributed by atoms with E-state index in [9.17, 15) is 0 Å². The van der Waals surface area contributed by atoms with E-state index in [2.05, 4.69) is 39.0 Å². The second-order valence-corrected chi connectivity index (χ2v) is 7.34. The quantitative estimate of drug-likeness (QED) is 0.905. The molecule has 1 aliphatic heterocycles. The Labute approximate surface area is 130 Å². The molecule has 0 spiro atoms. The molecule has 110 valence electrons. The Morgan fingerprint density at radius 3 is 2.40 bits per heavy atom. The van der Waals surface area contributed by atoms with Crippen molar-refractivity contribution < 1.29 is 0 Å². The summed E-state index contributed by atoms with van der Waals surface area (Å²) in [6, 6.07) is 6.98. The summed E-state index contributed by atoms with van der Waals surface area (Å²) < 4.78 is 1.27. The van der Waals surface area contributed by atoms with Gasteiger partial charge < -0.3 is 5.73 Å². The van der Waals surface area contributed by atoms with Gasteiger partial charge in [-0.25, -0.2) is 0 Å². The molecule has 1 heterocycles. The first-order chi connectivity index (χ1) is 9.73. The molecule has 1 saturated carbocycles. The van der Waals surface area contributed by atoms with Crippen LogP contribution in [0.15, 0.2) is 22.7 Å². The van der Waals surface area contributed by atoms with Crippen LogP contribution in [-0.2, 0) is 12.0 Å². The van der Waals surface area contributed by atoms with E-state index in [0.29, 0.717) is 0 Å². The monoisotopic (exact) mass is 336 g/mol. The van der Waals surface area contributed by atoms with Gasteiger partial charge in [0, 0.05) is 23.0 Å². The molecule has 1 aromatic rings. The summed E-state index contributed by atoms with van der Waals surface area (Å²) in [6.07, 6.45) is 7.86. The van der Waals surface area contributed by atoms with Gasteiger partial charge in [0.05, 0.1) is 0 Å². The summed E-state index contributed by atoms with van der Waals surface area (Å²) in [4.78, 5) is 2.55. The lowest BCUT2D eigenvalue weighted by molar-refractivity contribution is 0.330. The van der Waals surface area contributed by atoms with Crippen LogP contribution in [-0.4, -0.2) is 24.5 Å². The highest BCUT2D eigenvalue weighted by Crippen LogP contribution is 2.41. The summed E-state index contributed by atoms with van der Waals surface area (Å²) in [5, 5.41) is 0. The van der Waals surface area contributed by atoms with Crippen molar-refractivity contribution in [3.63, 3.8) is 0 Å². The third-order valence-corrected chi connectivity index (χ3v) is 5.95. The van der Waals surface area contributed by atoms with Crippen LogP contribution >= 0.6 is 15.9 Å². The van der Waals surface area contributed by atoms with Crippen LogP contribution in [0.2, 0.25) is 0 Å². The lowest BCUT2D eigenvalue weighted by Gasteiger charge is -2.28. The Morgan fingerprint density at radius 1 is 1.10 bits per heavy atom. The topological polar surface area (TPSA) is 29.3 Å². The molecule has 0 atom stereocenters. The van der Waals surface area contributed by atoms with Crippen molar-refractivity contribution in [3.8, 4) is 0 Å². The van der Waals surface area contributed by atoms with Gasteiger partial charge in [-0.15, -0.1) is 0 Å². The van der Waals surface area contributed by atoms with Gasteiger partial charge in [-0.05, 0) is 56.0 Å². The molecule has 1 aliphatic carbocycles. The van der Waals surface area contributed by atoms with Gasteiger partial charge in [0.2, 0.25) is 0 Å². The van der Waals surface area contributed by atoms with Gasteiger partial charge in [0.1, 0.15) is 0 Å². The zero-order chi connectivity index (χ0) is 14.0. The minimum Gasteiger partial charge on any atom is -0.330 e. The maximum atomic E-state index is 6.10. The number of hydrogen-bond donors (Lipinski definition) is 1. The average molecular weight is 337 g/mol. The molecule has 2 aliphatic rings. The third-order valence-electron chi connectivity index (χ3n) is 5.21. The molecular formula is C17H25BrN2. The Hall–Kier alpha value is -0.380. The number of nitrogens with zero attached hydrogens (tertiary/aromatic N) is 1. The minimum atomic E-state index is 0.245. The van der Waals surface area contributed by atoms with Crippen molar-refractivity contribution >= 4 is 15.9 Å². The standard InChI is InChI=1S/C17H25BrN2/c18-16-11-15(17(13-19)7-1-2-8-17)6-5-14(16)12-20-9-3-4-10-20/h5-6,11H,1-4,7-10,12-13,19H2. The van der Waals surface area contributed by atoms with Gasteiger partial charge in [-0.2, -0.15) is 0 Å². The Balaban J connectivity index is 1.79. The predicted molar refractivity (Wildman–Crippen MR) is 87.9 cm³/mol. The first-order valence-electron chi connectivity index (χ1n) is 7.95. The molecular weight excluding hydrogens is 312 g/mol. The van der Waals surface area contributed by atoms with Crippen molar-refractivity contribution in [1.82, 2.24) is 4.90 Å². The van der Waals surface area contributed by atoms with Gasteiger partial charge in [-0.3, -0.25) is 4.90 Å². The number of nitrogens with two attached hydrogens (primary N) is 1. The van der Waals surface area contributed by atoms with Crippen LogP contribution < -0.4 is 5.73 Å². The van der Waals surface area contributed by atoms with Crippen molar-refractivity contribution in [1.29, 1.82) is 0 Å². The first-order valence-corrected chi connectivity index (χ1v) is 8.74. The molecule has 0 radical (unpaired) electrons. The van der Waals surface area contributed by atoms with Crippen LogP contribution in [0.25, 0.3) is 0 Å². The molecule has 3 rings (SSSR count). The smallest absolute Gasteiger partial charge is 0.0244 e. The molecule has 2 nitrogen and oxygen atoms in total. The fourth-order valence-corrected chi connectivity index (χ4v) is 4.35. The summed E-state index contributed by atoms with van der Waals surface area (Å²) in [5.74, 6) is 0. The fraction of sp³-hybridized carbons (Fsp3) is 0.647. The van der Waals surface area contributed by atoms with E-state index in [1.165, 1.54) is 67.2 Å². The zero-order valence-electron chi connectivity index (χ0n) is 12.2. The van der Waals surface area contributed by atoms with E-state index < -0.39 is 0 Å². The van der Waals surface area contributed by atoms with Crippen LogP contribution in [0.4, 0.5) is 0 Å². The Kier molecular flexibility index (Phi) is 4.49. The summed E-state index contributed by atoms with van der Waals surface area (Å²) in [7, 11) is 0. The van der Waals surface area contributed by atoms with E-state index in [-0.39, 0.29) is 5.41 Å². The van der Waals surface area contributed by atoms with Gasteiger partial charge >= 0.3 is 0 Å². The predicted octanol–water partition coefficient (Wildman–Crippen LogP) is 3.82. The highest BCUT2D eigenvalue weighted by atomic mass is 79.9. The molecule has 3 heteroatoms. The summed E-state index contributed by atoms with van der Waals surface area (Å²) in [6.45, 7) is 4.36. The largest absolute Gasteiger partial charge is 0.330 e. The summed E-state index contributed by atoms with van der Waals surface area (Å²) in [5.41, 5.74) is 9.20. The number of hydrogen-bond acceptors (Lipinski definition) is 2. The highest BCUT2D eigenvalue weighted by Gasteiger charge is 2.34. The number of likely N-dealkylation sites (tertiary alicyclic amines) is 1. The van der Waals surface area contributed by atoms with E-state index in [1.54, 1.807) is 0 Å². The molecule has 0 bridgehead atoms. The first kappa shape index (κ1) is 14.6. The third kappa shape index (κ3) is 2.81. The fourth-order valence-electron chi connectivity index (χ4n) is 3.85. The molecule has 2 fully saturated rings. The van der Waals surface area contributed by atoms with Gasteiger partial charge in [0.15, 0.2) is 0 Å². The number of halogens is 1. The van der Waals surface area contributed by atoms with Crippen LogP contribution in [0.1, 0.15) is 49.7 Å². The van der Waals surface area contributed by atoms with E-state index in [4.69, 9.17) is 5.73 Å². The Morgan fingerprint density at radius 2 is 1.80 bits per heavy atom. The summed E-state index contributed by atoms with van der Waals surface area (Å²) >= 11 is 3.79. The van der Waals surface area contributed by atoms with Crippen molar-refractivity contribution in [2.45, 2.75) is 50.5 Å². The maximum absolute atomic E-state index is 6.10. The molecule has 0 aromatic heterocycles. The number of benzene rings is 1. The molecule has 2 N–H and O–H groups in total. The van der Waals surface area contributed by atoms with Crippen LogP contribution in [0.5, 0.6) is 0 Å². The van der Waals surface area contributed by atoms with Crippen molar-refractivity contribution in [2.75, 3.05) is 19.6 Å². The van der Waals surface area contributed by atoms with E-state index in [0.717, 1.165) is 13.1 Å². The highest BCUT2D eigenvalue weighted by molar-refractivity contribution is 9.10. The lowest BCUT2D eigenvalue weighted by Crippen LogP contribution is -2.32. The molecule has 0 amide bonds. The number of rotatable bonds is 4. The van der Waals surface area contributed by atoms with Crippen molar-refractivity contribution in [3.05, 3.63) is 33.8 Å².